The Morgan fingerprint density at radius 3 is 1.15 bits per heavy atom. The van der Waals surface area contributed by atoms with Crippen molar-refractivity contribution in [1.82, 2.24) is 0 Å². The number of anilines is 9. The molecule has 3 aliphatic rings. The maximum Gasteiger partial charge on any atom is 0.288 e. The van der Waals surface area contributed by atoms with Crippen molar-refractivity contribution < 1.29 is 4.48 Å². The summed E-state index contributed by atoms with van der Waals surface area (Å²) in [6, 6.07) is 52.3. The van der Waals surface area contributed by atoms with Gasteiger partial charge in [0.1, 0.15) is 11.4 Å². The van der Waals surface area contributed by atoms with E-state index in [9.17, 15) is 0 Å². The Kier molecular flexibility index (Phi) is 4.68. The second-order valence-corrected chi connectivity index (χ2v) is 12.1. The minimum Gasteiger partial charge on any atom is -0.404 e. The van der Waals surface area contributed by atoms with Crippen LogP contribution in [0.4, 0.5) is 51.4 Å². The number of hydrogen-bond acceptors (Lipinski definition) is 3. The Balaban J connectivity index is 1.47. The number of benzene rings is 5. The van der Waals surface area contributed by atoms with E-state index in [1.807, 2.05) is 0 Å². The van der Waals surface area contributed by atoms with E-state index >= 15 is 0 Å². The number of nitrogens with zero attached hydrogens (tertiary/aromatic N) is 4. The van der Waals surface area contributed by atoms with Gasteiger partial charge in [-0.25, -0.2) is 9.80 Å². The van der Waals surface area contributed by atoms with Crippen molar-refractivity contribution in [3.05, 3.63) is 146 Å². The fraction of sp³-hybridized carbons (Fsp3) is 0. The van der Waals surface area contributed by atoms with Crippen LogP contribution in [0.2, 0.25) is 0 Å². The maximum absolute atomic E-state index is 4.53. The Labute approximate surface area is 247 Å². The van der Waals surface area contributed by atoms with Crippen molar-refractivity contribution in [2.24, 2.45) is 0 Å². The molecule has 9 rings (SSSR count). The summed E-state index contributed by atoms with van der Waals surface area (Å²) in [4.78, 5) is 7.26. The highest BCUT2D eigenvalue weighted by Gasteiger charge is 2.54. The third kappa shape index (κ3) is 2.92. The molecule has 4 heterocycles. The number of rotatable bonds is 3. The molecule has 6 aromatic rings. The van der Waals surface area contributed by atoms with E-state index in [1.165, 1.54) is 33.7 Å². The molecule has 0 radical (unpaired) electrons. The molecule has 194 valence electrons. The van der Waals surface area contributed by atoms with Crippen molar-refractivity contribution in [2.45, 2.75) is 0 Å². The van der Waals surface area contributed by atoms with E-state index in [1.54, 1.807) is 0 Å². The highest BCUT2D eigenvalue weighted by Crippen LogP contribution is 2.51. The zero-order valence-corrected chi connectivity index (χ0v) is 23.7. The lowest BCUT2D eigenvalue weighted by Gasteiger charge is -2.56. The summed E-state index contributed by atoms with van der Waals surface area (Å²) in [5, 5.41) is -1.56. The van der Waals surface area contributed by atoms with Crippen molar-refractivity contribution >= 4 is 83.2 Å². The summed E-state index contributed by atoms with van der Waals surface area (Å²) >= 11 is 4.53. The van der Waals surface area contributed by atoms with E-state index in [0.29, 0.717) is 0 Å². The van der Waals surface area contributed by atoms with E-state index < -0.39 is 5.10 Å². The largest absolute Gasteiger partial charge is 0.404 e. The maximum atomic E-state index is 4.53. The van der Waals surface area contributed by atoms with Gasteiger partial charge in [0.2, 0.25) is 0 Å². The highest BCUT2D eigenvalue weighted by atomic mass is 79.9. The molecule has 41 heavy (non-hydrogen) atoms. The lowest BCUT2D eigenvalue weighted by molar-refractivity contribution is -0.508. The van der Waals surface area contributed by atoms with Crippen LogP contribution in [-0.2, 0) is 0 Å². The first kappa shape index (κ1) is 23.0. The molecule has 0 saturated carbocycles. The fourth-order valence-electron chi connectivity index (χ4n) is 7.20. The van der Waals surface area contributed by atoms with Gasteiger partial charge < -0.3 is 9.38 Å². The molecule has 0 N–H and O–H groups in total. The van der Waals surface area contributed by atoms with Crippen LogP contribution in [0.5, 0.6) is 0 Å². The van der Waals surface area contributed by atoms with Crippen molar-refractivity contribution in [3.63, 3.8) is 0 Å². The molecule has 0 atom stereocenters. The summed E-state index contributed by atoms with van der Waals surface area (Å²) < 4.78 is 2.54. The summed E-state index contributed by atoms with van der Waals surface area (Å²) in [6.07, 6.45) is 0. The lowest BCUT2D eigenvalue weighted by Crippen LogP contribution is -2.82. The van der Waals surface area contributed by atoms with Crippen LogP contribution in [0.15, 0.2) is 146 Å². The number of para-hydroxylation sites is 3. The second-order valence-electron chi connectivity index (χ2n) is 10.8. The highest BCUT2D eigenvalue weighted by molar-refractivity contribution is 9.26. The van der Waals surface area contributed by atoms with Crippen LogP contribution in [0.1, 0.15) is 0 Å². The molecule has 0 bridgehead atoms. The first-order valence-electron chi connectivity index (χ1n) is 14.0. The Morgan fingerprint density at radius 1 is 0.390 bits per heavy atom. The Morgan fingerprint density at radius 2 is 0.732 bits per heavy atom. The van der Waals surface area contributed by atoms with Crippen molar-refractivity contribution in [1.29, 1.82) is 0 Å². The monoisotopic (exact) mass is 590 g/mol. The molecule has 0 unspecified atom stereocenters. The van der Waals surface area contributed by atoms with Gasteiger partial charge in [0, 0.05) is 29.2 Å². The molecule has 0 spiro atoms. The topological polar surface area (TPSA) is 13.6 Å². The van der Waals surface area contributed by atoms with E-state index in [2.05, 4.69) is 181 Å². The minimum atomic E-state index is -1.56. The predicted octanol–water partition coefficient (Wildman–Crippen LogP) is 7.82. The lowest BCUT2D eigenvalue weighted by atomic mass is 9.44. The molecule has 0 aliphatic carbocycles. The van der Waals surface area contributed by atoms with Gasteiger partial charge in [-0.3, -0.25) is 15.8 Å². The summed E-state index contributed by atoms with van der Waals surface area (Å²) in [5.74, 6) is 2.26. The van der Waals surface area contributed by atoms with Gasteiger partial charge in [-0.15, -0.1) is 0 Å². The first-order chi connectivity index (χ1) is 20.3. The van der Waals surface area contributed by atoms with Gasteiger partial charge in [-0.05, 0) is 66.7 Å². The molecule has 0 saturated heterocycles. The zero-order chi connectivity index (χ0) is 27.1. The third-order valence-corrected chi connectivity index (χ3v) is 10.0. The van der Waals surface area contributed by atoms with Crippen LogP contribution in [0, 0.1) is 0 Å². The Bertz CT molecular complexity index is 1690. The summed E-state index contributed by atoms with van der Waals surface area (Å²) in [7, 11) is 0. The first-order valence-corrected chi connectivity index (χ1v) is 14.9. The average Bonchev–Trinajstić information content (AvgIpc) is 3.03. The minimum absolute atomic E-state index is 1.13. The predicted molar refractivity (Wildman–Crippen MR) is 174 cm³/mol. The van der Waals surface area contributed by atoms with Crippen LogP contribution in [0.3, 0.4) is 0 Å². The number of halogens is 1. The smallest absolute Gasteiger partial charge is 0.288 e. The van der Waals surface area contributed by atoms with E-state index in [0.717, 1.165) is 28.7 Å². The fourth-order valence-corrected chi connectivity index (χ4v) is 8.56. The van der Waals surface area contributed by atoms with Gasteiger partial charge in [0.05, 0.1) is 11.4 Å². The van der Waals surface area contributed by atoms with Crippen molar-refractivity contribution in [3.8, 4) is 0 Å². The summed E-state index contributed by atoms with van der Waals surface area (Å²) in [6.45, 7) is 0. The van der Waals surface area contributed by atoms with Gasteiger partial charge in [0.15, 0.2) is 11.6 Å². The molecule has 3 aliphatic heterocycles. The van der Waals surface area contributed by atoms with Crippen LogP contribution >= 0.6 is 15.8 Å². The molecule has 0 fully saturated rings. The molecule has 1 aromatic heterocycles. The van der Waals surface area contributed by atoms with Gasteiger partial charge in [0.25, 0.3) is 5.10 Å². The molecule has 6 heteroatoms. The number of pyridine rings is 1. The number of hydrogen-bond donors (Lipinski definition) is 0. The molecular formula is C35H24BBrN4. The normalized spacial score (nSPS) is 15.0. The average molecular weight is 591 g/mol. The Hall–Kier alpha value is -4.81. The SMILES string of the molecule is Br[B-]12c3c4cccc3N(c3ccccc3)c3cccc([n+]31)N(c1ccccc1)c1cccc(c12)N4c1ccccc1. The second kappa shape index (κ2) is 8.35. The van der Waals surface area contributed by atoms with Gasteiger partial charge in [-0.1, -0.05) is 77.7 Å². The van der Waals surface area contributed by atoms with Gasteiger partial charge in [-0.2, -0.15) is 0 Å². The molecular weight excluding hydrogens is 567 g/mol. The van der Waals surface area contributed by atoms with E-state index in [4.69, 9.17) is 0 Å². The standard InChI is InChI=1S/C35H24BBrN4/c37-36-34-28-19-10-21-30(34)39(26-15-6-2-7-16-26)32-23-12-24-33(41(32)36)40(27-17-8-3-9-18-27)31-22-11-20-29(35(31)36)38(28)25-13-4-1-5-14-25/h1-24H. The van der Waals surface area contributed by atoms with E-state index in [-0.39, 0.29) is 0 Å². The molecule has 5 aromatic carbocycles. The van der Waals surface area contributed by atoms with Gasteiger partial charge >= 0.3 is 0 Å². The van der Waals surface area contributed by atoms with Crippen LogP contribution < -0.4 is 30.1 Å². The molecule has 4 nitrogen and oxygen atoms in total. The molecule has 0 amide bonds. The quantitative estimate of drug-likeness (QED) is 0.195. The van der Waals surface area contributed by atoms with Crippen LogP contribution in [0.25, 0.3) is 0 Å². The third-order valence-electron chi connectivity index (χ3n) is 8.69. The van der Waals surface area contributed by atoms with Crippen LogP contribution in [-0.4, -0.2) is 5.10 Å². The zero-order valence-electron chi connectivity index (χ0n) is 22.1. The number of aromatic nitrogens is 1. The van der Waals surface area contributed by atoms with Crippen molar-refractivity contribution in [2.75, 3.05) is 14.7 Å². The summed E-state index contributed by atoms with van der Waals surface area (Å²) in [5.41, 5.74) is 10.8.